The van der Waals surface area contributed by atoms with Gasteiger partial charge in [0.15, 0.2) is 0 Å². The van der Waals surface area contributed by atoms with Crippen molar-refractivity contribution in [2.24, 2.45) is 0 Å². The monoisotopic (exact) mass is 184 g/mol. The van der Waals surface area contributed by atoms with E-state index in [4.69, 9.17) is 25.4 Å². The maximum Gasteiger partial charge on any atom is 0.328 e. The Morgan fingerprint density at radius 2 is 1.56 bits per heavy atom. The molecule has 3 fully saturated rings. The van der Waals surface area contributed by atoms with Crippen LogP contribution in [0.3, 0.4) is 0 Å². The third-order valence-corrected chi connectivity index (χ3v) is 5.57. The molecule has 0 N–H and O–H groups in total. The minimum atomic E-state index is -2.18. The Kier molecular flexibility index (Phi) is 1.65. The smallest absolute Gasteiger partial charge is 0.304 e. The van der Waals surface area contributed by atoms with Crippen molar-refractivity contribution in [2.75, 3.05) is 19.0 Å². The highest BCUT2D eigenvalue weighted by atomic mass is 32.5. The highest BCUT2D eigenvalue weighted by Gasteiger charge is 2.35. The molecule has 0 spiro atoms. The lowest BCUT2D eigenvalue weighted by Gasteiger charge is -2.37. The lowest BCUT2D eigenvalue weighted by Crippen LogP contribution is -2.17. The maximum absolute atomic E-state index is 5.17. The first-order chi connectivity index (χ1) is 4.29. The van der Waals surface area contributed by atoms with Gasteiger partial charge in [-0.1, -0.05) is 0 Å². The van der Waals surface area contributed by atoms with Gasteiger partial charge in [-0.3, -0.25) is 0 Å². The topological polar surface area (TPSA) is 27.7 Å². The van der Waals surface area contributed by atoms with Crippen molar-refractivity contribution in [1.82, 2.24) is 0 Å². The first-order valence-electron chi connectivity index (χ1n) is 2.55. The number of hydrogen-bond donors (Lipinski definition) is 0. The molecule has 0 saturated carbocycles. The summed E-state index contributed by atoms with van der Waals surface area (Å²) < 4.78 is 15.5. The average molecular weight is 184 g/mol. The van der Waals surface area contributed by atoms with Crippen molar-refractivity contribution in [3.05, 3.63) is 0 Å². The summed E-state index contributed by atoms with van der Waals surface area (Å²) >= 11 is 4.95. The van der Waals surface area contributed by atoms with E-state index in [0.717, 1.165) is 19.0 Å². The van der Waals surface area contributed by atoms with Gasteiger partial charge in [-0.2, -0.15) is 0 Å². The van der Waals surface area contributed by atoms with Crippen LogP contribution in [0.15, 0.2) is 0 Å². The predicted octanol–water partition coefficient (Wildman–Crippen LogP) is 1.64. The summed E-state index contributed by atoms with van der Waals surface area (Å²) in [5.41, 5.74) is 0. The van der Waals surface area contributed by atoms with Gasteiger partial charge >= 0.3 is 6.72 Å². The van der Waals surface area contributed by atoms with Gasteiger partial charge in [0.05, 0.1) is 19.0 Å². The van der Waals surface area contributed by atoms with Crippen LogP contribution in [-0.2, 0) is 25.4 Å². The fourth-order valence-corrected chi connectivity index (χ4v) is 6.06. The van der Waals surface area contributed by atoms with Crippen molar-refractivity contribution in [2.45, 2.75) is 0 Å². The van der Waals surface area contributed by atoms with Crippen molar-refractivity contribution in [3.63, 3.8) is 0 Å². The molecule has 3 aliphatic heterocycles. The Balaban J connectivity index is 2.20. The molecule has 0 atom stereocenters. The summed E-state index contributed by atoms with van der Waals surface area (Å²) in [5.74, 6) is 0. The fourth-order valence-electron chi connectivity index (χ4n) is 0.681. The summed E-state index contributed by atoms with van der Waals surface area (Å²) in [4.78, 5) is 0. The number of fused-ring (bicyclic) bond motifs is 3. The average Bonchev–Trinajstić information content (AvgIpc) is 1.90. The van der Waals surface area contributed by atoms with Gasteiger partial charge in [0.2, 0.25) is 0 Å². The van der Waals surface area contributed by atoms with Crippen LogP contribution in [0.4, 0.5) is 0 Å². The van der Waals surface area contributed by atoms with Crippen LogP contribution in [0.1, 0.15) is 0 Å². The van der Waals surface area contributed by atoms with E-state index in [9.17, 15) is 0 Å². The van der Waals surface area contributed by atoms with Crippen molar-refractivity contribution in [3.8, 4) is 0 Å². The molecule has 6 heteroatoms. The first-order valence-corrected chi connectivity index (χ1v) is 7.00. The summed E-state index contributed by atoms with van der Waals surface area (Å²) in [6, 6.07) is 0. The van der Waals surface area contributed by atoms with Crippen LogP contribution in [-0.4, -0.2) is 19.0 Å². The van der Waals surface area contributed by atoms with E-state index in [1.54, 1.807) is 0 Å². The number of hydrogen-bond acceptors (Lipinski definition) is 4. The van der Waals surface area contributed by atoms with Crippen molar-refractivity contribution >= 4 is 26.4 Å². The van der Waals surface area contributed by atoms with Crippen LogP contribution in [0.25, 0.3) is 0 Å². The SMILES string of the molecule is S=P12OCP(CO1)CO2. The molecule has 52 valence electrons. The van der Waals surface area contributed by atoms with Crippen LogP contribution in [0, 0.1) is 0 Å². The molecule has 0 amide bonds. The highest BCUT2D eigenvalue weighted by Crippen LogP contribution is 2.66. The van der Waals surface area contributed by atoms with Gasteiger partial charge < -0.3 is 13.6 Å². The van der Waals surface area contributed by atoms with Gasteiger partial charge in [-0.25, -0.2) is 0 Å². The molecule has 0 aromatic rings. The molecule has 3 aliphatic rings. The molecule has 3 rings (SSSR count). The van der Waals surface area contributed by atoms with E-state index in [0.29, 0.717) is 0 Å². The third kappa shape index (κ3) is 1.21. The lowest BCUT2D eigenvalue weighted by atomic mass is 11.6. The molecular weight excluding hydrogens is 178 g/mol. The van der Waals surface area contributed by atoms with E-state index in [1.165, 1.54) is 0 Å². The molecule has 3 heterocycles. The van der Waals surface area contributed by atoms with Gasteiger partial charge in [-0.05, 0) is 19.7 Å². The standard InChI is InChI=1S/C3H6O3P2S/c9-8-4-1-7(2-5-8)3-6-8/h1-3H2. The summed E-state index contributed by atoms with van der Waals surface area (Å²) in [5, 5.41) is 0. The van der Waals surface area contributed by atoms with Crippen LogP contribution in [0.5, 0.6) is 0 Å². The lowest BCUT2D eigenvalue weighted by molar-refractivity contribution is 0.170. The quantitative estimate of drug-likeness (QED) is 0.535. The van der Waals surface area contributed by atoms with E-state index >= 15 is 0 Å². The Morgan fingerprint density at radius 3 is 1.78 bits per heavy atom. The Hall–Kier alpha value is 0.960. The zero-order chi connectivity index (χ0) is 6.32. The van der Waals surface area contributed by atoms with Gasteiger partial charge in [-0.15, -0.1) is 0 Å². The minimum Gasteiger partial charge on any atom is -0.304 e. The Bertz CT molecular complexity index is 144. The second-order valence-electron chi connectivity index (χ2n) is 1.89. The fraction of sp³-hybridized carbons (Fsp3) is 1.00. The van der Waals surface area contributed by atoms with Gasteiger partial charge in [0.25, 0.3) is 0 Å². The molecule has 0 unspecified atom stereocenters. The van der Waals surface area contributed by atoms with Crippen LogP contribution in [0.2, 0.25) is 0 Å². The zero-order valence-electron chi connectivity index (χ0n) is 4.65. The Morgan fingerprint density at radius 1 is 1.11 bits per heavy atom. The van der Waals surface area contributed by atoms with Crippen LogP contribution < -0.4 is 0 Å². The van der Waals surface area contributed by atoms with E-state index in [-0.39, 0.29) is 7.92 Å². The van der Waals surface area contributed by atoms with E-state index < -0.39 is 6.72 Å². The molecule has 3 saturated heterocycles. The molecular formula is C3H6O3P2S. The molecule has 0 aliphatic carbocycles. The van der Waals surface area contributed by atoms with Gasteiger partial charge in [0.1, 0.15) is 0 Å². The second kappa shape index (κ2) is 2.23. The summed E-state index contributed by atoms with van der Waals surface area (Å²) in [6.45, 7) is -2.18. The molecule has 0 aromatic heterocycles. The molecule has 0 radical (unpaired) electrons. The molecule has 3 nitrogen and oxygen atoms in total. The van der Waals surface area contributed by atoms with E-state index in [2.05, 4.69) is 0 Å². The van der Waals surface area contributed by atoms with Gasteiger partial charge in [0, 0.05) is 0 Å². The van der Waals surface area contributed by atoms with Crippen LogP contribution >= 0.6 is 14.6 Å². The Labute approximate surface area is 59.7 Å². The summed E-state index contributed by atoms with van der Waals surface area (Å²) in [6.07, 6.45) is 2.39. The third-order valence-electron chi connectivity index (χ3n) is 1.20. The molecule has 2 bridgehead atoms. The highest BCUT2D eigenvalue weighted by molar-refractivity contribution is 8.08. The van der Waals surface area contributed by atoms with Crippen molar-refractivity contribution < 1.29 is 13.6 Å². The number of rotatable bonds is 0. The minimum absolute atomic E-state index is 0.141. The maximum atomic E-state index is 5.17. The molecule has 9 heavy (non-hydrogen) atoms. The molecule has 0 aromatic carbocycles. The largest absolute Gasteiger partial charge is 0.328 e. The zero-order valence-corrected chi connectivity index (χ0v) is 7.25. The van der Waals surface area contributed by atoms with E-state index in [1.807, 2.05) is 0 Å². The normalized spacial score (nSPS) is 49.6. The first kappa shape index (κ1) is 6.66. The van der Waals surface area contributed by atoms with Crippen molar-refractivity contribution in [1.29, 1.82) is 0 Å². The predicted molar refractivity (Wildman–Crippen MR) is 39.1 cm³/mol. The second-order valence-corrected chi connectivity index (χ2v) is 7.02. The summed E-state index contributed by atoms with van der Waals surface area (Å²) in [7, 11) is -0.141.